The van der Waals surface area contributed by atoms with Crippen LogP contribution in [0.3, 0.4) is 0 Å². The van der Waals surface area contributed by atoms with Gasteiger partial charge < -0.3 is 5.32 Å². The number of nitrogens with one attached hydrogen (secondary N) is 1. The van der Waals surface area contributed by atoms with Gasteiger partial charge in [-0.2, -0.15) is 5.10 Å². The van der Waals surface area contributed by atoms with E-state index in [0.29, 0.717) is 31.8 Å². The molecule has 1 N–H and O–H groups in total. The summed E-state index contributed by atoms with van der Waals surface area (Å²) in [4.78, 5) is 29.4. The Labute approximate surface area is 184 Å². The Morgan fingerprint density at radius 2 is 1.90 bits per heavy atom. The molecule has 1 aromatic carbocycles. The van der Waals surface area contributed by atoms with Crippen LogP contribution in [0.1, 0.15) is 51.2 Å². The largest absolute Gasteiger partial charge is 0.326 e. The number of imide groups is 1. The van der Waals surface area contributed by atoms with E-state index in [0.717, 1.165) is 12.0 Å². The van der Waals surface area contributed by atoms with Crippen molar-refractivity contribution < 1.29 is 9.59 Å². The number of carbonyl (C=O) groups is 2. The molecule has 2 heterocycles. The van der Waals surface area contributed by atoms with Crippen molar-refractivity contribution in [1.82, 2.24) is 24.9 Å². The Morgan fingerprint density at radius 3 is 2.61 bits per heavy atom. The molecule has 1 saturated carbocycles. The summed E-state index contributed by atoms with van der Waals surface area (Å²) in [6.45, 7) is 8.14. The molecular formula is C24H33N5O2. The van der Waals surface area contributed by atoms with Crippen molar-refractivity contribution in [1.29, 1.82) is 0 Å². The second-order valence-corrected chi connectivity index (χ2v) is 10.3. The number of hydrogen-bond donors (Lipinski definition) is 1. The monoisotopic (exact) mass is 423 g/mol. The van der Waals surface area contributed by atoms with Crippen molar-refractivity contribution in [3.8, 4) is 0 Å². The molecule has 1 aliphatic carbocycles. The molecule has 2 atom stereocenters. The minimum Gasteiger partial charge on any atom is -0.323 e. The molecule has 0 bridgehead atoms. The number of urea groups is 1. The van der Waals surface area contributed by atoms with E-state index in [9.17, 15) is 9.59 Å². The third-order valence-electron chi connectivity index (χ3n) is 6.33. The summed E-state index contributed by atoms with van der Waals surface area (Å²) in [7, 11) is 1.92. The Morgan fingerprint density at radius 1 is 1.16 bits per heavy atom. The fourth-order valence-corrected chi connectivity index (χ4v) is 5.58. The van der Waals surface area contributed by atoms with Crippen LogP contribution in [-0.4, -0.2) is 50.8 Å². The van der Waals surface area contributed by atoms with Crippen LogP contribution in [0.4, 0.5) is 4.79 Å². The van der Waals surface area contributed by atoms with Crippen LogP contribution >= 0.6 is 0 Å². The molecule has 31 heavy (non-hydrogen) atoms. The number of amides is 3. The van der Waals surface area contributed by atoms with Gasteiger partial charge in [-0.3, -0.25) is 14.4 Å². The quantitative estimate of drug-likeness (QED) is 0.723. The van der Waals surface area contributed by atoms with E-state index < -0.39 is 5.54 Å². The molecule has 1 aromatic heterocycles. The summed E-state index contributed by atoms with van der Waals surface area (Å²) in [5.41, 5.74) is 1.53. The van der Waals surface area contributed by atoms with E-state index in [1.807, 2.05) is 47.2 Å². The topological polar surface area (TPSA) is 70.5 Å². The van der Waals surface area contributed by atoms with Crippen LogP contribution in [0.5, 0.6) is 0 Å². The van der Waals surface area contributed by atoms with Gasteiger partial charge in [0, 0.05) is 18.3 Å². The molecule has 2 fully saturated rings. The summed E-state index contributed by atoms with van der Waals surface area (Å²) >= 11 is 0. The van der Waals surface area contributed by atoms with Crippen LogP contribution in [-0.2, 0) is 17.9 Å². The van der Waals surface area contributed by atoms with Gasteiger partial charge in [0.05, 0.1) is 19.4 Å². The van der Waals surface area contributed by atoms with Gasteiger partial charge in [-0.15, -0.1) is 0 Å². The zero-order valence-corrected chi connectivity index (χ0v) is 19.0. The molecule has 7 heteroatoms. The summed E-state index contributed by atoms with van der Waals surface area (Å²) in [5.74, 6) is 0.324. The van der Waals surface area contributed by atoms with Gasteiger partial charge in [0.2, 0.25) is 0 Å². The molecule has 3 amide bonds. The van der Waals surface area contributed by atoms with Crippen LogP contribution < -0.4 is 5.32 Å². The summed E-state index contributed by atoms with van der Waals surface area (Å²) in [5, 5.41) is 7.50. The van der Waals surface area contributed by atoms with E-state index in [1.54, 1.807) is 0 Å². The first-order valence-corrected chi connectivity index (χ1v) is 11.0. The maximum Gasteiger partial charge on any atom is 0.326 e. The smallest absolute Gasteiger partial charge is 0.323 e. The fourth-order valence-electron chi connectivity index (χ4n) is 5.58. The highest BCUT2D eigenvalue weighted by Gasteiger charge is 2.56. The van der Waals surface area contributed by atoms with E-state index in [2.05, 4.69) is 43.3 Å². The summed E-state index contributed by atoms with van der Waals surface area (Å²) in [6.07, 6.45) is 6.35. The van der Waals surface area contributed by atoms with Crippen LogP contribution in [0.15, 0.2) is 42.7 Å². The second-order valence-electron chi connectivity index (χ2n) is 10.3. The highest BCUT2D eigenvalue weighted by atomic mass is 16.2. The van der Waals surface area contributed by atoms with E-state index in [4.69, 9.17) is 0 Å². The third kappa shape index (κ3) is 4.66. The van der Waals surface area contributed by atoms with Crippen molar-refractivity contribution in [2.75, 3.05) is 13.7 Å². The Hall–Kier alpha value is -2.67. The zero-order chi connectivity index (χ0) is 22.2. The lowest BCUT2D eigenvalue weighted by Gasteiger charge is -2.43. The zero-order valence-electron chi connectivity index (χ0n) is 19.0. The fraction of sp³-hybridized carbons (Fsp3) is 0.542. The van der Waals surface area contributed by atoms with Crippen LogP contribution in [0.25, 0.3) is 0 Å². The number of rotatable bonds is 6. The molecule has 0 unspecified atom stereocenters. The summed E-state index contributed by atoms with van der Waals surface area (Å²) in [6, 6.07) is 9.92. The molecule has 4 rings (SSSR count). The van der Waals surface area contributed by atoms with Gasteiger partial charge in [-0.25, -0.2) is 9.69 Å². The number of hydrogen-bond acceptors (Lipinski definition) is 4. The summed E-state index contributed by atoms with van der Waals surface area (Å²) < 4.78 is 1.91. The first-order valence-electron chi connectivity index (χ1n) is 11.0. The first kappa shape index (κ1) is 21.6. The van der Waals surface area contributed by atoms with Gasteiger partial charge in [0.25, 0.3) is 5.91 Å². The van der Waals surface area contributed by atoms with Crippen LogP contribution in [0.2, 0.25) is 0 Å². The Bertz CT molecular complexity index is 954. The predicted molar refractivity (Wildman–Crippen MR) is 119 cm³/mol. The lowest BCUT2D eigenvalue weighted by Crippen LogP contribution is -2.54. The van der Waals surface area contributed by atoms with Gasteiger partial charge in [-0.1, -0.05) is 51.1 Å². The minimum absolute atomic E-state index is 0.0376. The molecular weight excluding hydrogens is 390 g/mol. The number of benzene rings is 1. The first-order chi connectivity index (χ1) is 14.7. The molecule has 7 nitrogen and oxygen atoms in total. The molecule has 2 aromatic rings. The van der Waals surface area contributed by atoms with Crippen molar-refractivity contribution in [3.63, 3.8) is 0 Å². The van der Waals surface area contributed by atoms with Crippen molar-refractivity contribution in [2.24, 2.45) is 11.3 Å². The average molecular weight is 424 g/mol. The van der Waals surface area contributed by atoms with E-state index >= 15 is 0 Å². The number of aromatic nitrogens is 2. The minimum atomic E-state index is -0.750. The average Bonchev–Trinajstić information content (AvgIpc) is 3.18. The highest BCUT2D eigenvalue weighted by Crippen LogP contribution is 2.46. The molecule has 1 aliphatic heterocycles. The van der Waals surface area contributed by atoms with Gasteiger partial charge in [-0.05, 0) is 43.2 Å². The Kier molecular flexibility index (Phi) is 5.64. The highest BCUT2D eigenvalue weighted by molar-refractivity contribution is 6.07. The number of nitrogens with zero attached hydrogens (tertiary/aromatic N) is 4. The molecule has 1 saturated heterocycles. The lowest BCUT2D eigenvalue weighted by molar-refractivity contribution is -0.136. The van der Waals surface area contributed by atoms with Gasteiger partial charge >= 0.3 is 6.03 Å². The molecule has 2 aliphatic rings. The SMILES string of the molecule is C[C@@H]1CC(C)(C)C[C@@]2(C1)NC(=O)N(CN(C)Cc1cnn(Cc3ccccc3)c1)C2=O. The molecule has 0 radical (unpaired) electrons. The lowest BCUT2D eigenvalue weighted by atomic mass is 9.64. The third-order valence-corrected chi connectivity index (χ3v) is 6.33. The van der Waals surface area contributed by atoms with Crippen molar-refractivity contribution in [2.45, 2.75) is 58.7 Å². The van der Waals surface area contributed by atoms with Gasteiger partial charge in [0.15, 0.2) is 0 Å². The van der Waals surface area contributed by atoms with Gasteiger partial charge in [0.1, 0.15) is 5.54 Å². The molecule has 1 spiro atoms. The van der Waals surface area contributed by atoms with Crippen molar-refractivity contribution in [3.05, 3.63) is 53.9 Å². The second kappa shape index (κ2) is 8.11. The van der Waals surface area contributed by atoms with Crippen LogP contribution in [0, 0.1) is 11.3 Å². The molecule has 166 valence electrons. The predicted octanol–water partition coefficient (Wildman–Crippen LogP) is 3.46. The van der Waals surface area contributed by atoms with E-state index in [1.165, 1.54) is 10.5 Å². The number of carbonyl (C=O) groups excluding carboxylic acids is 2. The van der Waals surface area contributed by atoms with E-state index in [-0.39, 0.29) is 24.0 Å². The normalized spacial score (nSPS) is 25.5. The Balaban J connectivity index is 1.38. The van der Waals surface area contributed by atoms with Crippen molar-refractivity contribution >= 4 is 11.9 Å². The standard InChI is InChI=1S/C24H33N5O2/c1-18-10-23(2,3)16-24(11-18)21(30)29(22(31)26-24)17-27(4)13-20-12-25-28(15-20)14-19-8-6-5-7-9-19/h5-9,12,15,18H,10-11,13-14,16-17H2,1-4H3,(H,26,31)/t18-,24-/m1/s1. The maximum absolute atomic E-state index is 13.3. The maximum atomic E-state index is 13.3.